The Morgan fingerprint density at radius 2 is 1.59 bits per heavy atom. The van der Waals surface area contributed by atoms with Crippen molar-refractivity contribution < 1.29 is 9.22 Å². The molecule has 0 bridgehead atoms. The molecule has 0 radical (unpaired) electrons. The summed E-state index contributed by atoms with van der Waals surface area (Å²) in [6.45, 7) is 3.50. The molecular formula is C19H22O2Si. The van der Waals surface area contributed by atoms with Gasteiger partial charge in [-0.15, -0.1) is 0 Å². The van der Waals surface area contributed by atoms with Crippen molar-refractivity contribution in [3.8, 4) is 0 Å². The fourth-order valence-electron chi connectivity index (χ4n) is 2.35. The molecular weight excluding hydrogens is 288 g/mol. The van der Waals surface area contributed by atoms with E-state index in [0.29, 0.717) is 6.42 Å². The summed E-state index contributed by atoms with van der Waals surface area (Å²) in [6, 6.07) is 21.6. The normalized spacial score (nSPS) is 11.1. The Hall–Kier alpha value is -1.97. The van der Waals surface area contributed by atoms with Crippen LogP contribution >= 0.6 is 0 Å². The molecule has 0 aliphatic carbocycles. The van der Waals surface area contributed by atoms with Crippen LogP contribution < -0.4 is 0 Å². The standard InChI is InChI=1S/C19H22O2Si/c1-2-18(20)14-9-15-22-21-19(16-10-5-3-6-11-16)17-12-7-4-8-13-17/h2-8,10-13,19H,1,9,14-15,22H2. The summed E-state index contributed by atoms with van der Waals surface area (Å²) in [7, 11) is -0.661. The highest BCUT2D eigenvalue weighted by Gasteiger charge is 2.13. The zero-order valence-electron chi connectivity index (χ0n) is 12.8. The minimum Gasteiger partial charge on any atom is -0.413 e. The van der Waals surface area contributed by atoms with Gasteiger partial charge in [0, 0.05) is 6.42 Å². The van der Waals surface area contributed by atoms with Crippen molar-refractivity contribution in [1.82, 2.24) is 0 Å². The first-order valence-electron chi connectivity index (χ1n) is 7.68. The fraction of sp³-hybridized carbons (Fsp3) is 0.211. The predicted molar refractivity (Wildman–Crippen MR) is 93.6 cm³/mol. The molecule has 0 atom stereocenters. The van der Waals surface area contributed by atoms with Gasteiger partial charge in [-0.3, -0.25) is 4.79 Å². The molecule has 0 aromatic heterocycles. The van der Waals surface area contributed by atoms with E-state index >= 15 is 0 Å². The van der Waals surface area contributed by atoms with Gasteiger partial charge in [0.2, 0.25) is 0 Å². The highest BCUT2D eigenvalue weighted by atomic mass is 28.2. The van der Waals surface area contributed by atoms with Crippen molar-refractivity contribution in [2.24, 2.45) is 0 Å². The summed E-state index contributed by atoms with van der Waals surface area (Å²) in [5.41, 5.74) is 2.37. The summed E-state index contributed by atoms with van der Waals surface area (Å²) in [5, 5.41) is 0. The lowest BCUT2D eigenvalue weighted by Gasteiger charge is -2.19. The Balaban J connectivity index is 1.95. The molecule has 0 amide bonds. The average molecular weight is 310 g/mol. The molecule has 22 heavy (non-hydrogen) atoms. The van der Waals surface area contributed by atoms with Crippen LogP contribution in [0.15, 0.2) is 73.3 Å². The zero-order chi connectivity index (χ0) is 15.6. The molecule has 0 fully saturated rings. The van der Waals surface area contributed by atoms with E-state index in [1.54, 1.807) is 0 Å². The Labute approximate surface area is 134 Å². The monoisotopic (exact) mass is 310 g/mol. The van der Waals surface area contributed by atoms with Gasteiger partial charge in [-0.05, 0) is 29.7 Å². The van der Waals surface area contributed by atoms with Crippen molar-refractivity contribution >= 4 is 15.5 Å². The molecule has 0 aliphatic heterocycles. The highest BCUT2D eigenvalue weighted by molar-refractivity contribution is 6.27. The van der Waals surface area contributed by atoms with Crippen molar-refractivity contribution in [2.75, 3.05) is 0 Å². The summed E-state index contributed by atoms with van der Waals surface area (Å²) in [5.74, 6) is 0.122. The minimum atomic E-state index is -0.661. The number of ketones is 1. The van der Waals surface area contributed by atoms with Gasteiger partial charge in [-0.25, -0.2) is 0 Å². The average Bonchev–Trinajstić information content (AvgIpc) is 2.59. The van der Waals surface area contributed by atoms with Gasteiger partial charge in [0.25, 0.3) is 0 Å². The van der Waals surface area contributed by atoms with Gasteiger partial charge in [0.05, 0.1) is 6.10 Å². The van der Waals surface area contributed by atoms with Crippen molar-refractivity contribution in [2.45, 2.75) is 25.0 Å². The van der Waals surface area contributed by atoms with Crippen LogP contribution in [0.4, 0.5) is 0 Å². The first kappa shape index (κ1) is 16.4. The van der Waals surface area contributed by atoms with E-state index in [9.17, 15) is 4.79 Å². The maximum Gasteiger partial charge on any atom is 0.162 e. The summed E-state index contributed by atoms with van der Waals surface area (Å²) in [6.07, 6.45) is 2.89. The lowest BCUT2D eigenvalue weighted by Crippen LogP contribution is -2.09. The molecule has 0 heterocycles. The summed E-state index contributed by atoms with van der Waals surface area (Å²) >= 11 is 0. The van der Waals surface area contributed by atoms with Crippen LogP contribution in [0.5, 0.6) is 0 Å². The number of rotatable bonds is 9. The molecule has 2 rings (SSSR count). The third-order valence-electron chi connectivity index (χ3n) is 3.53. The smallest absolute Gasteiger partial charge is 0.162 e. The number of hydrogen-bond acceptors (Lipinski definition) is 2. The largest absolute Gasteiger partial charge is 0.413 e. The Kier molecular flexibility index (Phi) is 6.80. The van der Waals surface area contributed by atoms with Crippen molar-refractivity contribution in [3.63, 3.8) is 0 Å². The SMILES string of the molecule is C=CC(=O)CCC[SiH2]OC(c1ccccc1)c1ccccc1. The molecule has 0 unspecified atom stereocenters. The van der Waals surface area contributed by atoms with Crippen LogP contribution in [0.3, 0.4) is 0 Å². The second-order valence-corrected chi connectivity index (χ2v) is 6.65. The van der Waals surface area contributed by atoms with Gasteiger partial charge < -0.3 is 4.43 Å². The Morgan fingerprint density at radius 1 is 1.05 bits per heavy atom. The second kappa shape index (κ2) is 9.13. The number of allylic oxidation sites excluding steroid dienone is 1. The van der Waals surface area contributed by atoms with E-state index in [0.717, 1.165) is 12.5 Å². The summed E-state index contributed by atoms with van der Waals surface area (Å²) < 4.78 is 6.23. The van der Waals surface area contributed by atoms with Gasteiger partial charge >= 0.3 is 0 Å². The van der Waals surface area contributed by atoms with Gasteiger partial charge in [0.15, 0.2) is 15.5 Å². The Bertz CT molecular complexity index is 541. The highest BCUT2D eigenvalue weighted by Crippen LogP contribution is 2.25. The van der Waals surface area contributed by atoms with Crippen LogP contribution in [-0.2, 0) is 9.22 Å². The van der Waals surface area contributed by atoms with E-state index < -0.39 is 9.76 Å². The summed E-state index contributed by atoms with van der Waals surface area (Å²) in [4.78, 5) is 11.2. The van der Waals surface area contributed by atoms with Crippen molar-refractivity contribution in [1.29, 1.82) is 0 Å². The third kappa shape index (κ3) is 5.10. The number of carbonyl (C=O) groups excluding carboxylic acids is 1. The number of hydrogen-bond donors (Lipinski definition) is 0. The lowest BCUT2D eigenvalue weighted by atomic mass is 10.0. The molecule has 0 N–H and O–H groups in total. The van der Waals surface area contributed by atoms with Crippen molar-refractivity contribution in [3.05, 3.63) is 84.4 Å². The van der Waals surface area contributed by atoms with Gasteiger partial charge in [-0.1, -0.05) is 67.2 Å². The number of carbonyl (C=O) groups is 1. The molecule has 3 heteroatoms. The fourth-order valence-corrected chi connectivity index (χ4v) is 3.59. The van der Waals surface area contributed by atoms with Crippen LogP contribution in [0, 0.1) is 0 Å². The van der Waals surface area contributed by atoms with E-state index in [1.807, 2.05) is 36.4 Å². The minimum absolute atomic E-state index is 0.00386. The first-order valence-corrected chi connectivity index (χ1v) is 9.26. The molecule has 114 valence electrons. The molecule has 2 nitrogen and oxygen atoms in total. The quantitative estimate of drug-likeness (QED) is 0.400. The van der Waals surface area contributed by atoms with E-state index in [4.69, 9.17) is 4.43 Å². The maximum atomic E-state index is 11.2. The van der Waals surface area contributed by atoms with Crippen LogP contribution in [0.25, 0.3) is 0 Å². The van der Waals surface area contributed by atoms with Crippen LogP contribution in [0.2, 0.25) is 6.04 Å². The Morgan fingerprint density at radius 3 is 2.09 bits per heavy atom. The van der Waals surface area contributed by atoms with Gasteiger partial charge in [-0.2, -0.15) is 0 Å². The molecule has 2 aromatic rings. The van der Waals surface area contributed by atoms with Gasteiger partial charge in [0.1, 0.15) is 0 Å². The zero-order valence-corrected chi connectivity index (χ0v) is 14.2. The predicted octanol–water partition coefficient (Wildman–Crippen LogP) is 3.83. The lowest BCUT2D eigenvalue weighted by molar-refractivity contribution is -0.114. The topological polar surface area (TPSA) is 26.3 Å². The van der Waals surface area contributed by atoms with E-state index in [2.05, 4.69) is 30.8 Å². The second-order valence-electron chi connectivity index (χ2n) is 5.20. The van der Waals surface area contributed by atoms with E-state index in [-0.39, 0.29) is 11.9 Å². The van der Waals surface area contributed by atoms with Crippen LogP contribution in [0.1, 0.15) is 30.1 Å². The first-order chi connectivity index (χ1) is 10.8. The number of benzene rings is 2. The third-order valence-corrected chi connectivity index (χ3v) is 4.89. The van der Waals surface area contributed by atoms with Crippen LogP contribution in [-0.4, -0.2) is 15.5 Å². The molecule has 2 aromatic carbocycles. The molecule has 0 saturated heterocycles. The van der Waals surface area contributed by atoms with E-state index in [1.165, 1.54) is 17.2 Å². The molecule has 0 aliphatic rings. The molecule has 0 saturated carbocycles. The maximum absolute atomic E-state index is 11.2. The molecule has 0 spiro atoms.